The van der Waals surface area contributed by atoms with Gasteiger partial charge in [-0.05, 0) is 43.4 Å². The second kappa shape index (κ2) is 11.2. The number of anilines is 2. The van der Waals surface area contributed by atoms with E-state index in [-0.39, 0.29) is 23.7 Å². The summed E-state index contributed by atoms with van der Waals surface area (Å²) < 4.78 is 1.91. The standard InChI is InChI=1S/C28H35N5O2/c1-4-25(34)30-26-21(3)31-33(24-13-9-6-10-14-24)28(26)32-17-15-23(16-18-32)27(35)29-19-20(2)22-11-7-5-8-12-22/h5-14,20,23H,4,15-19H2,1-3H3,(H,29,35)(H,30,34)/t20-/m0/s1. The van der Waals surface area contributed by atoms with Crippen molar-refractivity contribution in [3.63, 3.8) is 0 Å². The molecule has 1 aliphatic heterocycles. The molecule has 2 N–H and O–H groups in total. The highest BCUT2D eigenvalue weighted by Gasteiger charge is 2.30. The van der Waals surface area contributed by atoms with Crippen LogP contribution in [0.5, 0.6) is 0 Å². The molecule has 1 aromatic heterocycles. The zero-order valence-electron chi connectivity index (χ0n) is 20.8. The second-order valence-corrected chi connectivity index (χ2v) is 9.25. The largest absolute Gasteiger partial charge is 0.355 e. The van der Waals surface area contributed by atoms with Crippen molar-refractivity contribution in [1.82, 2.24) is 15.1 Å². The highest BCUT2D eigenvalue weighted by molar-refractivity contribution is 5.94. The lowest BCUT2D eigenvalue weighted by atomic mass is 9.95. The van der Waals surface area contributed by atoms with Gasteiger partial charge in [-0.15, -0.1) is 0 Å². The molecule has 184 valence electrons. The number of carbonyl (C=O) groups is 2. The van der Waals surface area contributed by atoms with E-state index < -0.39 is 0 Å². The van der Waals surface area contributed by atoms with E-state index in [1.807, 2.05) is 67.1 Å². The molecule has 1 fully saturated rings. The Kier molecular flexibility index (Phi) is 7.85. The molecule has 1 saturated heterocycles. The van der Waals surface area contributed by atoms with Gasteiger partial charge in [0.2, 0.25) is 11.8 Å². The number of aryl methyl sites for hydroxylation is 1. The molecule has 1 atom stereocenters. The van der Waals surface area contributed by atoms with E-state index in [9.17, 15) is 9.59 Å². The van der Waals surface area contributed by atoms with Crippen LogP contribution in [0.2, 0.25) is 0 Å². The van der Waals surface area contributed by atoms with E-state index in [0.29, 0.717) is 13.0 Å². The molecule has 2 heterocycles. The summed E-state index contributed by atoms with van der Waals surface area (Å²) in [6, 6.07) is 20.2. The number of amides is 2. The summed E-state index contributed by atoms with van der Waals surface area (Å²) in [6.45, 7) is 7.98. The third-order valence-electron chi connectivity index (χ3n) is 6.74. The van der Waals surface area contributed by atoms with Gasteiger partial charge in [0.05, 0.1) is 11.4 Å². The number of benzene rings is 2. The van der Waals surface area contributed by atoms with Crippen molar-refractivity contribution >= 4 is 23.3 Å². The van der Waals surface area contributed by atoms with E-state index in [4.69, 9.17) is 5.10 Å². The minimum atomic E-state index is -0.0382. The maximum Gasteiger partial charge on any atom is 0.224 e. The van der Waals surface area contributed by atoms with Gasteiger partial charge in [0.15, 0.2) is 5.82 Å². The predicted molar refractivity (Wildman–Crippen MR) is 140 cm³/mol. The van der Waals surface area contributed by atoms with Crippen molar-refractivity contribution in [3.8, 4) is 5.69 Å². The Labute approximate surface area is 207 Å². The fraction of sp³-hybridized carbons (Fsp3) is 0.393. The van der Waals surface area contributed by atoms with E-state index in [1.165, 1.54) is 5.56 Å². The van der Waals surface area contributed by atoms with Crippen LogP contribution in [-0.4, -0.2) is 41.2 Å². The third-order valence-corrected chi connectivity index (χ3v) is 6.74. The lowest BCUT2D eigenvalue weighted by Gasteiger charge is -2.34. The van der Waals surface area contributed by atoms with Crippen molar-refractivity contribution in [2.24, 2.45) is 5.92 Å². The Morgan fingerprint density at radius 2 is 1.66 bits per heavy atom. The smallest absolute Gasteiger partial charge is 0.224 e. The summed E-state index contributed by atoms with van der Waals surface area (Å²) in [4.78, 5) is 27.4. The fourth-order valence-corrected chi connectivity index (χ4v) is 4.58. The molecule has 0 bridgehead atoms. The molecule has 0 aliphatic carbocycles. The van der Waals surface area contributed by atoms with Crippen LogP contribution in [0.25, 0.3) is 5.69 Å². The molecule has 1 aliphatic rings. The average molecular weight is 474 g/mol. The zero-order chi connectivity index (χ0) is 24.8. The van der Waals surface area contributed by atoms with Gasteiger partial charge in [0.25, 0.3) is 0 Å². The molecule has 0 radical (unpaired) electrons. The molecule has 7 nitrogen and oxygen atoms in total. The van der Waals surface area contributed by atoms with Gasteiger partial charge >= 0.3 is 0 Å². The van der Waals surface area contributed by atoms with Crippen LogP contribution in [0.4, 0.5) is 11.5 Å². The summed E-state index contributed by atoms with van der Waals surface area (Å²) >= 11 is 0. The van der Waals surface area contributed by atoms with Gasteiger partial charge in [0, 0.05) is 32.0 Å². The first kappa shape index (κ1) is 24.5. The lowest BCUT2D eigenvalue weighted by molar-refractivity contribution is -0.125. The van der Waals surface area contributed by atoms with Crippen LogP contribution >= 0.6 is 0 Å². The van der Waals surface area contributed by atoms with E-state index >= 15 is 0 Å². The van der Waals surface area contributed by atoms with Gasteiger partial charge in [-0.3, -0.25) is 9.59 Å². The van der Waals surface area contributed by atoms with E-state index in [2.05, 4.69) is 34.6 Å². The van der Waals surface area contributed by atoms with E-state index in [0.717, 1.165) is 48.8 Å². The summed E-state index contributed by atoms with van der Waals surface area (Å²) in [5, 5.41) is 11.0. The zero-order valence-corrected chi connectivity index (χ0v) is 20.8. The van der Waals surface area contributed by atoms with Crippen LogP contribution in [0.1, 0.15) is 50.3 Å². The van der Waals surface area contributed by atoms with Gasteiger partial charge < -0.3 is 15.5 Å². The van der Waals surface area contributed by atoms with Crippen LogP contribution in [0.3, 0.4) is 0 Å². The SMILES string of the molecule is CCC(=O)Nc1c(C)nn(-c2ccccc2)c1N1CCC(C(=O)NC[C@H](C)c2ccccc2)CC1. The van der Waals surface area contributed by atoms with Crippen LogP contribution in [0.15, 0.2) is 60.7 Å². The number of nitrogens with zero attached hydrogens (tertiary/aromatic N) is 3. The van der Waals surface area contributed by atoms with Gasteiger partial charge in [-0.2, -0.15) is 5.10 Å². The molecule has 4 rings (SSSR count). The lowest BCUT2D eigenvalue weighted by Crippen LogP contribution is -2.42. The van der Waals surface area contributed by atoms with Crippen LogP contribution in [0, 0.1) is 12.8 Å². The highest BCUT2D eigenvalue weighted by Crippen LogP contribution is 2.35. The molecule has 0 spiro atoms. The van der Waals surface area contributed by atoms with Crippen molar-refractivity contribution in [2.75, 3.05) is 29.9 Å². The van der Waals surface area contributed by atoms with Gasteiger partial charge in [-0.1, -0.05) is 62.4 Å². The number of piperidine rings is 1. The summed E-state index contributed by atoms with van der Waals surface area (Å²) in [5.41, 5.74) is 3.70. The summed E-state index contributed by atoms with van der Waals surface area (Å²) in [6.07, 6.45) is 1.91. The highest BCUT2D eigenvalue weighted by atomic mass is 16.2. The topological polar surface area (TPSA) is 79.3 Å². The Morgan fingerprint density at radius 1 is 1.03 bits per heavy atom. The Morgan fingerprint density at radius 3 is 2.29 bits per heavy atom. The molecule has 35 heavy (non-hydrogen) atoms. The van der Waals surface area contributed by atoms with Crippen LogP contribution < -0.4 is 15.5 Å². The maximum atomic E-state index is 12.9. The first-order valence-electron chi connectivity index (χ1n) is 12.5. The molecule has 2 amide bonds. The first-order valence-corrected chi connectivity index (χ1v) is 12.5. The number of aromatic nitrogens is 2. The number of carbonyl (C=O) groups excluding carboxylic acids is 2. The Balaban J connectivity index is 1.45. The molecular weight excluding hydrogens is 438 g/mol. The average Bonchev–Trinajstić information content (AvgIpc) is 3.23. The van der Waals surface area contributed by atoms with Gasteiger partial charge in [0.1, 0.15) is 5.69 Å². The second-order valence-electron chi connectivity index (χ2n) is 9.25. The Bertz CT molecular complexity index is 1130. The summed E-state index contributed by atoms with van der Waals surface area (Å²) in [7, 11) is 0. The molecular formula is C28H35N5O2. The van der Waals surface area contributed by atoms with E-state index in [1.54, 1.807) is 0 Å². The third kappa shape index (κ3) is 5.73. The van der Waals surface area contributed by atoms with Crippen molar-refractivity contribution < 1.29 is 9.59 Å². The number of nitrogens with one attached hydrogen (secondary N) is 2. The minimum absolute atomic E-state index is 0.0166. The van der Waals surface area contributed by atoms with Crippen molar-refractivity contribution in [1.29, 1.82) is 0 Å². The minimum Gasteiger partial charge on any atom is -0.355 e. The summed E-state index contributed by atoms with van der Waals surface area (Å²) in [5.74, 6) is 1.22. The predicted octanol–water partition coefficient (Wildman–Crippen LogP) is 4.67. The first-order chi connectivity index (χ1) is 17.0. The molecule has 3 aromatic rings. The van der Waals surface area contributed by atoms with Crippen LogP contribution in [-0.2, 0) is 9.59 Å². The molecule has 2 aromatic carbocycles. The quantitative estimate of drug-likeness (QED) is 0.499. The molecule has 0 saturated carbocycles. The monoisotopic (exact) mass is 473 g/mol. The van der Waals surface area contributed by atoms with Crippen molar-refractivity contribution in [3.05, 3.63) is 71.9 Å². The number of hydrogen-bond acceptors (Lipinski definition) is 4. The molecule has 7 heteroatoms. The normalized spacial score (nSPS) is 15.0. The van der Waals surface area contributed by atoms with Crippen molar-refractivity contribution in [2.45, 2.75) is 46.0 Å². The Hall–Kier alpha value is -3.61. The number of para-hydroxylation sites is 1. The number of rotatable bonds is 8. The maximum absolute atomic E-state index is 12.9. The number of hydrogen-bond donors (Lipinski definition) is 2. The molecule has 0 unspecified atom stereocenters. The van der Waals surface area contributed by atoms with Gasteiger partial charge in [-0.25, -0.2) is 4.68 Å². The fourth-order valence-electron chi connectivity index (χ4n) is 4.58.